The van der Waals surface area contributed by atoms with E-state index in [-0.39, 0.29) is 0 Å². The summed E-state index contributed by atoms with van der Waals surface area (Å²) in [5, 5.41) is 0. The molecule has 0 bridgehead atoms. The Balaban J connectivity index is 2.48. The summed E-state index contributed by atoms with van der Waals surface area (Å²) in [6, 6.07) is 2.35. The van der Waals surface area contributed by atoms with Gasteiger partial charge >= 0.3 is 0 Å². The van der Waals surface area contributed by atoms with E-state index in [1.807, 2.05) is 0 Å². The van der Waals surface area contributed by atoms with E-state index in [4.69, 9.17) is 0 Å². The van der Waals surface area contributed by atoms with E-state index in [1.165, 1.54) is 63.5 Å². The van der Waals surface area contributed by atoms with E-state index < -0.39 is 8.32 Å². The third-order valence-corrected chi connectivity index (χ3v) is 8.58. The highest BCUT2D eigenvalue weighted by Gasteiger charge is 2.39. The lowest BCUT2D eigenvalue weighted by Crippen LogP contribution is -2.39. The first-order valence-corrected chi connectivity index (χ1v) is 9.39. The minimum atomic E-state index is -1.86. The van der Waals surface area contributed by atoms with E-state index in [9.17, 15) is 4.80 Å². The molecule has 1 nitrogen and oxygen atoms in total. The highest BCUT2D eigenvalue weighted by molar-refractivity contribution is 6.74. The van der Waals surface area contributed by atoms with Crippen molar-refractivity contribution < 1.29 is 4.80 Å². The molecule has 90 valence electrons. The Kier molecular flexibility index (Phi) is 5.91. The van der Waals surface area contributed by atoms with Crippen LogP contribution in [0, 0.1) is 0 Å². The van der Waals surface area contributed by atoms with Crippen LogP contribution in [0.1, 0.15) is 65.2 Å². The molecule has 1 fully saturated rings. The van der Waals surface area contributed by atoms with Gasteiger partial charge in [-0.25, -0.2) is 0 Å². The lowest BCUT2D eigenvalue weighted by Gasteiger charge is -2.31. The minimum absolute atomic E-state index is 0.746. The van der Waals surface area contributed by atoms with Crippen LogP contribution in [-0.2, 0) is 0 Å². The monoisotopic (exact) mass is 228 g/mol. The maximum absolute atomic E-state index is 10.9. The summed E-state index contributed by atoms with van der Waals surface area (Å²) in [7, 11) is -1.86. The highest BCUT2D eigenvalue weighted by Crippen LogP contribution is 2.42. The highest BCUT2D eigenvalue weighted by atomic mass is 28.4. The molecule has 0 saturated heterocycles. The van der Waals surface area contributed by atoms with Crippen molar-refractivity contribution in [2.75, 3.05) is 0 Å². The molecular weight excluding hydrogens is 200 g/mol. The average Bonchev–Trinajstić information content (AvgIpc) is 2.77. The summed E-state index contributed by atoms with van der Waals surface area (Å²) in [5.41, 5.74) is 0.746. The van der Waals surface area contributed by atoms with E-state index in [0.717, 1.165) is 5.54 Å². The Bertz CT molecular complexity index is 156. The zero-order chi connectivity index (χ0) is 11.1. The van der Waals surface area contributed by atoms with Gasteiger partial charge in [-0.05, 0) is 17.6 Å². The maximum Gasteiger partial charge on any atom is 0.191 e. The van der Waals surface area contributed by atoms with E-state index in [0.29, 0.717) is 0 Å². The molecule has 0 aromatic carbocycles. The first-order chi connectivity index (χ1) is 7.23. The normalized spacial score (nSPS) is 18.6. The molecule has 0 aliphatic heterocycles. The molecular formula is C13H28OSi. The van der Waals surface area contributed by atoms with Gasteiger partial charge in [0, 0.05) is 0 Å². The fourth-order valence-electron chi connectivity index (χ4n) is 2.96. The maximum atomic E-state index is 10.9. The van der Waals surface area contributed by atoms with Crippen molar-refractivity contribution in [3.8, 4) is 0 Å². The molecule has 0 radical (unpaired) electrons. The molecule has 0 heterocycles. The van der Waals surface area contributed by atoms with Gasteiger partial charge in [0.15, 0.2) is 8.32 Å². The Labute approximate surface area is 96.4 Å². The third-order valence-electron chi connectivity index (χ3n) is 4.04. The molecule has 1 aliphatic rings. The second-order valence-corrected chi connectivity index (χ2v) is 9.32. The summed E-state index contributed by atoms with van der Waals surface area (Å²) < 4.78 is 0. The predicted octanol–water partition coefficient (Wildman–Crippen LogP) is 4.47. The van der Waals surface area contributed by atoms with Crippen LogP contribution in [0.4, 0.5) is 0 Å². The van der Waals surface area contributed by atoms with Gasteiger partial charge in [-0.2, -0.15) is 0 Å². The van der Waals surface area contributed by atoms with Crippen LogP contribution in [0.25, 0.3) is 0 Å². The first-order valence-electron chi connectivity index (χ1n) is 6.95. The van der Waals surface area contributed by atoms with Gasteiger partial charge < -0.3 is 4.80 Å². The van der Waals surface area contributed by atoms with Gasteiger partial charge in [0.25, 0.3) is 0 Å². The Morgan fingerprint density at radius 3 is 1.87 bits per heavy atom. The molecule has 1 aliphatic carbocycles. The molecule has 0 aromatic heterocycles. The lowest BCUT2D eigenvalue weighted by atomic mass is 10.4. The van der Waals surface area contributed by atoms with Crippen LogP contribution in [0.15, 0.2) is 0 Å². The predicted molar refractivity (Wildman–Crippen MR) is 69.6 cm³/mol. The largest absolute Gasteiger partial charge is 0.431 e. The molecule has 0 aromatic rings. The fourth-order valence-corrected chi connectivity index (χ4v) is 7.44. The molecule has 1 N–H and O–H groups in total. The summed E-state index contributed by atoms with van der Waals surface area (Å²) >= 11 is 0. The molecule has 1 rings (SSSR count). The van der Waals surface area contributed by atoms with Crippen LogP contribution in [0.5, 0.6) is 0 Å². The van der Waals surface area contributed by atoms with E-state index in [1.54, 1.807) is 0 Å². The molecule has 15 heavy (non-hydrogen) atoms. The van der Waals surface area contributed by atoms with Gasteiger partial charge in [-0.15, -0.1) is 0 Å². The second kappa shape index (κ2) is 6.69. The Hall–Kier alpha value is 0.177. The van der Waals surface area contributed by atoms with Crippen LogP contribution >= 0.6 is 0 Å². The van der Waals surface area contributed by atoms with Crippen molar-refractivity contribution in [2.45, 2.75) is 82.8 Å². The zero-order valence-electron chi connectivity index (χ0n) is 10.6. The molecule has 0 amide bonds. The third kappa shape index (κ3) is 3.91. The van der Waals surface area contributed by atoms with Crippen LogP contribution in [-0.4, -0.2) is 13.1 Å². The summed E-state index contributed by atoms with van der Waals surface area (Å²) in [5.74, 6) is 0. The van der Waals surface area contributed by atoms with E-state index >= 15 is 0 Å². The molecule has 0 unspecified atom stereocenters. The fraction of sp³-hybridized carbons (Fsp3) is 1.00. The molecule has 0 atom stereocenters. The quantitative estimate of drug-likeness (QED) is 0.638. The number of rotatable bonds is 7. The van der Waals surface area contributed by atoms with Crippen molar-refractivity contribution in [3.05, 3.63) is 0 Å². The van der Waals surface area contributed by atoms with Crippen molar-refractivity contribution in [2.24, 2.45) is 0 Å². The van der Waals surface area contributed by atoms with Gasteiger partial charge in [0.2, 0.25) is 0 Å². The van der Waals surface area contributed by atoms with Gasteiger partial charge in [-0.3, -0.25) is 0 Å². The van der Waals surface area contributed by atoms with Crippen molar-refractivity contribution in [1.82, 2.24) is 0 Å². The summed E-state index contributed by atoms with van der Waals surface area (Å²) in [6.45, 7) is 4.48. The van der Waals surface area contributed by atoms with Gasteiger partial charge in [0.05, 0.1) is 0 Å². The van der Waals surface area contributed by atoms with Gasteiger partial charge in [0.1, 0.15) is 0 Å². The average molecular weight is 228 g/mol. The molecule has 2 heteroatoms. The summed E-state index contributed by atoms with van der Waals surface area (Å²) in [4.78, 5) is 10.9. The number of unbranched alkanes of at least 4 members (excludes halogenated alkanes) is 2. The number of hydrogen-bond donors (Lipinski definition) is 1. The van der Waals surface area contributed by atoms with Crippen molar-refractivity contribution >= 4 is 8.32 Å². The summed E-state index contributed by atoms with van der Waals surface area (Å²) in [6.07, 6.45) is 10.4. The van der Waals surface area contributed by atoms with Crippen molar-refractivity contribution in [1.29, 1.82) is 0 Å². The lowest BCUT2D eigenvalue weighted by molar-refractivity contribution is 0.484. The number of hydrogen-bond acceptors (Lipinski definition) is 1. The molecule has 1 saturated carbocycles. The standard InChI is InChI=1S/C13H28OSi/c1-3-5-11-15(14,12-6-4-2)13-9-7-8-10-13/h13-14H,3-12H2,1-2H3. The van der Waals surface area contributed by atoms with Crippen LogP contribution in [0.2, 0.25) is 17.6 Å². The van der Waals surface area contributed by atoms with Crippen molar-refractivity contribution in [3.63, 3.8) is 0 Å². The van der Waals surface area contributed by atoms with Gasteiger partial charge in [-0.1, -0.05) is 65.2 Å². The molecule has 0 spiro atoms. The minimum Gasteiger partial charge on any atom is -0.431 e. The van der Waals surface area contributed by atoms with E-state index in [2.05, 4.69) is 13.8 Å². The Morgan fingerprint density at radius 2 is 1.47 bits per heavy atom. The smallest absolute Gasteiger partial charge is 0.191 e. The Morgan fingerprint density at radius 1 is 1.00 bits per heavy atom. The second-order valence-electron chi connectivity index (χ2n) is 5.29. The SMILES string of the molecule is CCCC[Si](O)(CCCC)C1CCCC1. The van der Waals surface area contributed by atoms with Crippen LogP contribution < -0.4 is 0 Å². The van der Waals surface area contributed by atoms with Crippen LogP contribution in [0.3, 0.4) is 0 Å². The topological polar surface area (TPSA) is 20.2 Å². The zero-order valence-corrected chi connectivity index (χ0v) is 11.6. The first kappa shape index (κ1) is 13.2.